The van der Waals surface area contributed by atoms with Gasteiger partial charge in [0.25, 0.3) is 0 Å². The standard InChI is InChI=1S/C58H35N5S/c1-8-24-46-38(16-1)39-17-2-9-25-47(39)61(46)52-30-15-23-37(36-32-33-45-44-22-7-14-31-53(44)64-54(45)34-36)57(52)58-59-55(62-48-26-10-3-18-40(48)41-19-4-11-27-49(41)62)35-56(60-58)63-50-28-12-5-20-42(50)43-21-6-13-29-51(43)63/h1-35H/i3D,10D,18D,26D. The molecule has 5 heterocycles. The van der Waals surface area contributed by atoms with Crippen molar-refractivity contribution in [2.24, 2.45) is 0 Å². The number of nitrogens with zero attached hydrogens (tertiary/aromatic N) is 5. The molecule has 9 aromatic carbocycles. The molecule has 0 N–H and O–H groups in total. The first-order valence-corrected chi connectivity index (χ1v) is 22.2. The van der Waals surface area contributed by atoms with Crippen molar-refractivity contribution in [2.75, 3.05) is 0 Å². The quantitative estimate of drug-likeness (QED) is 0.173. The third-order valence-electron chi connectivity index (χ3n) is 12.8. The first-order chi connectivity index (χ1) is 33.4. The van der Waals surface area contributed by atoms with Crippen LogP contribution in [0.1, 0.15) is 5.48 Å². The molecule has 0 aliphatic rings. The van der Waals surface area contributed by atoms with E-state index >= 15 is 0 Å². The number of aromatic nitrogens is 5. The second-order valence-corrected chi connectivity index (χ2v) is 17.3. The number of fused-ring (bicyclic) bond motifs is 12. The second kappa shape index (κ2) is 13.6. The predicted octanol–water partition coefficient (Wildman–Crippen LogP) is 15.5. The van der Waals surface area contributed by atoms with Crippen LogP contribution >= 0.6 is 11.3 Å². The summed E-state index contributed by atoms with van der Waals surface area (Å²) in [6.07, 6.45) is 0. The normalized spacial score (nSPS) is 12.9. The van der Waals surface area contributed by atoms with Crippen molar-refractivity contribution in [2.45, 2.75) is 0 Å². The molecule has 0 spiro atoms. The van der Waals surface area contributed by atoms with Gasteiger partial charge in [-0.2, -0.15) is 0 Å². The monoisotopic (exact) mass is 837 g/mol. The van der Waals surface area contributed by atoms with Gasteiger partial charge in [0.2, 0.25) is 0 Å². The lowest BCUT2D eigenvalue weighted by Gasteiger charge is -2.19. The third kappa shape index (κ3) is 5.05. The average molecular weight is 838 g/mol. The smallest absolute Gasteiger partial charge is 0.166 e. The van der Waals surface area contributed by atoms with Gasteiger partial charge in [-0.25, -0.2) is 9.97 Å². The van der Waals surface area contributed by atoms with Crippen molar-refractivity contribution in [1.29, 1.82) is 0 Å². The molecule has 14 aromatic rings. The predicted molar refractivity (Wildman–Crippen MR) is 269 cm³/mol. The lowest BCUT2D eigenvalue weighted by atomic mass is 9.96. The highest BCUT2D eigenvalue weighted by Gasteiger charge is 2.25. The zero-order valence-corrected chi connectivity index (χ0v) is 34.9. The highest BCUT2D eigenvalue weighted by atomic mass is 32.1. The number of benzene rings is 9. The Morgan fingerprint density at radius 3 is 1.47 bits per heavy atom. The Morgan fingerprint density at radius 2 is 0.859 bits per heavy atom. The molecular formula is C58H35N5S. The molecule has 0 fully saturated rings. The van der Waals surface area contributed by atoms with Crippen LogP contribution in [-0.4, -0.2) is 23.7 Å². The van der Waals surface area contributed by atoms with Crippen molar-refractivity contribution < 1.29 is 5.48 Å². The minimum Gasteiger partial charge on any atom is -0.308 e. The van der Waals surface area contributed by atoms with E-state index in [2.05, 4.69) is 155 Å². The summed E-state index contributed by atoms with van der Waals surface area (Å²) in [5, 5.41) is 8.01. The molecule has 0 aliphatic carbocycles. The molecular weight excluding hydrogens is 799 g/mol. The molecule has 0 radical (unpaired) electrons. The summed E-state index contributed by atoms with van der Waals surface area (Å²) >= 11 is 1.78. The van der Waals surface area contributed by atoms with Crippen molar-refractivity contribution in [1.82, 2.24) is 23.7 Å². The fourth-order valence-corrected chi connectivity index (χ4v) is 11.3. The van der Waals surface area contributed by atoms with Crippen molar-refractivity contribution in [3.63, 3.8) is 0 Å². The van der Waals surface area contributed by atoms with Crippen LogP contribution in [0.15, 0.2) is 212 Å². The van der Waals surface area contributed by atoms with E-state index in [9.17, 15) is 2.74 Å². The minimum atomic E-state index is -0.306. The van der Waals surface area contributed by atoms with Crippen LogP contribution in [0.5, 0.6) is 0 Å². The van der Waals surface area contributed by atoms with Crippen LogP contribution in [-0.2, 0) is 0 Å². The number of hydrogen-bond donors (Lipinski definition) is 0. The Labute approximate surface area is 376 Å². The summed E-state index contributed by atoms with van der Waals surface area (Å²) in [7, 11) is 0. The highest BCUT2D eigenvalue weighted by molar-refractivity contribution is 7.25. The lowest BCUT2D eigenvalue weighted by Crippen LogP contribution is -2.08. The van der Waals surface area contributed by atoms with Crippen LogP contribution in [0.3, 0.4) is 0 Å². The van der Waals surface area contributed by atoms with E-state index in [1.165, 1.54) is 20.2 Å². The Morgan fingerprint density at radius 1 is 0.375 bits per heavy atom. The molecule has 0 unspecified atom stereocenters. The van der Waals surface area contributed by atoms with Gasteiger partial charge in [-0.3, -0.25) is 9.13 Å². The summed E-state index contributed by atoms with van der Waals surface area (Å²) in [6, 6.07) is 64.3. The maximum absolute atomic E-state index is 9.45. The summed E-state index contributed by atoms with van der Waals surface area (Å²) in [6.45, 7) is 0. The van der Waals surface area contributed by atoms with E-state index in [0.29, 0.717) is 39.3 Å². The van der Waals surface area contributed by atoms with Gasteiger partial charge in [0, 0.05) is 58.6 Å². The summed E-state index contributed by atoms with van der Waals surface area (Å²) in [5.74, 6) is 1.53. The zero-order chi connectivity index (χ0) is 45.4. The SMILES string of the molecule is [2H]c1c([2H])c([2H])c2c(c1[2H])c1ccccc1n2-c1cc(-n2c3ccccc3c3ccccc32)nc(-c2c(-c3ccc4c(c3)sc3ccccc34)cccc2-n2c3ccccc3c3ccccc32)n1. The number of thiophene rings is 1. The maximum Gasteiger partial charge on any atom is 0.166 e. The zero-order valence-electron chi connectivity index (χ0n) is 38.0. The van der Waals surface area contributed by atoms with E-state index in [4.69, 9.17) is 12.7 Å². The molecule has 14 rings (SSSR count). The fraction of sp³-hybridized carbons (Fsp3) is 0. The van der Waals surface area contributed by atoms with Crippen LogP contribution < -0.4 is 0 Å². The van der Waals surface area contributed by atoms with Gasteiger partial charge in [0.15, 0.2) is 5.82 Å². The van der Waals surface area contributed by atoms with Gasteiger partial charge in [-0.15, -0.1) is 11.3 Å². The summed E-state index contributed by atoms with van der Waals surface area (Å²) in [5.41, 5.74) is 8.75. The largest absolute Gasteiger partial charge is 0.308 e. The van der Waals surface area contributed by atoms with Crippen molar-refractivity contribution >= 4 is 96.9 Å². The summed E-state index contributed by atoms with van der Waals surface area (Å²) in [4.78, 5) is 11.3. The topological polar surface area (TPSA) is 40.6 Å². The van der Waals surface area contributed by atoms with Crippen LogP contribution in [0.4, 0.5) is 0 Å². The molecule has 0 aliphatic heterocycles. The molecule has 0 atom stereocenters. The van der Waals surface area contributed by atoms with Gasteiger partial charge in [-0.05, 0) is 65.7 Å². The van der Waals surface area contributed by atoms with Crippen molar-refractivity contribution in [3.05, 3.63) is 212 Å². The number of rotatable bonds is 5. The van der Waals surface area contributed by atoms with Gasteiger partial charge >= 0.3 is 0 Å². The first kappa shape index (κ1) is 31.5. The Bertz CT molecular complexity index is 4360. The third-order valence-corrected chi connectivity index (χ3v) is 14.0. The maximum atomic E-state index is 9.45. The van der Waals surface area contributed by atoms with E-state index in [-0.39, 0.29) is 24.2 Å². The van der Waals surface area contributed by atoms with E-state index in [1.54, 1.807) is 11.3 Å². The molecule has 298 valence electrons. The molecule has 5 aromatic heterocycles. The molecule has 5 nitrogen and oxygen atoms in total. The minimum absolute atomic E-state index is 0.0940. The van der Waals surface area contributed by atoms with Gasteiger partial charge in [0.1, 0.15) is 11.6 Å². The Balaban J connectivity index is 1.16. The van der Waals surface area contributed by atoms with Crippen LogP contribution in [0, 0.1) is 0 Å². The number of hydrogen-bond acceptors (Lipinski definition) is 3. The molecule has 0 saturated heterocycles. The van der Waals surface area contributed by atoms with Gasteiger partial charge in [-0.1, -0.05) is 152 Å². The molecule has 64 heavy (non-hydrogen) atoms. The van der Waals surface area contributed by atoms with Gasteiger partial charge < -0.3 is 4.57 Å². The molecule has 0 bridgehead atoms. The molecule has 6 heteroatoms. The molecule has 0 amide bonds. The highest BCUT2D eigenvalue weighted by Crippen LogP contribution is 2.44. The van der Waals surface area contributed by atoms with Gasteiger partial charge in [0.05, 0.1) is 49.8 Å². The lowest BCUT2D eigenvalue weighted by molar-refractivity contribution is 0.991. The van der Waals surface area contributed by atoms with Crippen LogP contribution in [0.25, 0.3) is 125 Å². The fourth-order valence-electron chi connectivity index (χ4n) is 10.1. The van der Waals surface area contributed by atoms with Crippen LogP contribution in [0.2, 0.25) is 0 Å². The Kier molecular flexibility index (Phi) is 6.69. The summed E-state index contributed by atoms with van der Waals surface area (Å²) < 4.78 is 45.1. The average Bonchev–Trinajstić information content (AvgIpc) is 4.13. The van der Waals surface area contributed by atoms with E-state index < -0.39 is 0 Å². The first-order valence-electron chi connectivity index (χ1n) is 23.3. The van der Waals surface area contributed by atoms with E-state index in [1.807, 2.05) is 47.0 Å². The Hall–Kier alpha value is -8.32. The number of para-hydroxylation sites is 6. The second-order valence-electron chi connectivity index (χ2n) is 16.2. The van der Waals surface area contributed by atoms with E-state index in [0.717, 1.165) is 66.0 Å². The molecule has 0 saturated carbocycles. The van der Waals surface area contributed by atoms with Crippen molar-refractivity contribution in [3.8, 4) is 39.8 Å².